The lowest BCUT2D eigenvalue weighted by atomic mass is 10.1. The Morgan fingerprint density at radius 1 is 1.00 bits per heavy atom. The summed E-state index contributed by atoms with van der Waals surface area (Å²) in [4.78, 5) is 11.3. The average molecular weight is 242 g/mol. The number of carbonyl (C=O) groups excluding carboxylic acids is 1. The predicted molar refractivity (Wildman–Crippen MR) is 69.4 cm³/mol. The molecule has 0 bridgehead atoms. The van der Waals surface area contributed by atoms with E-state index in [9.17, 15) is 4.79 Å². The Kier molecular flexibility index (Phi) is 3.60. The van der Waals surface area contributed by atoms with Crippen LogP contribution in [0.3, 0.4) is 0 Å². The van der Waals surface area contributed by atoms with Gasteiger partial charge in [-0.1, -0.05) is 30.3 Å². The van der Waals surface area contributed by atoms with Crippen LogP contribution in [0.2, 0.25) is 0 Å². The summed E-state index contributed by atoms with van der Waals surface area (Å²) in [5, 5.41) is 0. The summed E-state index contributed by atoms with van der Waals surface area (Å²) in [6.45, 7) is 0.370. The lowest BCUT2D eigenvalue weighted by molar-refractivity contribution is 0.0998. The second kappa shape index (κ2) is 5.33. The maximum absolute atomic E-state index is 11.3. The van der Waals surface area contributed by atoms with Crippen LogP contribution in [0.15, 0.2) is 48.5 Å². The van der Waals surface area contributed by atoms with E-state index < -0.39 is 5.91 Å². The summed E-state index contributed by atoms with van der Waals surface area (Å²) in [5.41, 5.74) is 12.1. The highest BCUT2D eigenvalue weighted by molar-refractivity contribution is 5.95. The molecule has 4 N–H and O–H groups in total. The first-order valence-corrected chi connectivity index (χ1v) is 5.57. The maximum atomic E-state index is 11.3. The van der Waals surface area contributed by atoms with E-state index in [0.29, 0.717) is 23.6 Å². The van der Waals surface area contributed by atoms with Gasteiger partial charge >= 0.3 is 0 Å². The van der Waals surface area contributed by atoms with E-state index >= 15 is 0 Å². The molecule has 0 saturated carbocycles. The van der Waals surface area contributed by atoms with E-state index in [0.717, 1.165) is 5.56 Å². The molecule has 2 aromatic carbocycles. The monoisotopic (exact) mass is 242 g/mol. The van der Waals surface area contributed by atoms with Crippen molar-refractivity contribution in [2.45, 2.75) is 6.54 Å². The van der Waals surface area contributed by atoms with Crippen molar-refractivity contribution < 1.29 is 9.53 Å². The van der Waals surface area contributed by atoms with Crippen LogP contribution in [0.25, 0.3) is 0 Å². The van der Waals surface area contributed by atoms with Gasteiger partial charge in [0.1, 0.15) is 11.5 Å². The first-order chi connectivity index (χ1) is 8.72. The van der Waals surface area contributed by atoms with Gasteiger partial charge in [0, 0.05) is 12.1 Å². The highest BCUT2D eigenvalue weighted by Crippen LogP contribution is 2.27. The number of hydrogen-bond acceptors (Lipinski definition) is 3. The van der Waals surface area contributed by atoms with Crippen molar-refractivity contribution in [3.63, 3.8) is 0 Å². The molecular weight excluding hydrogens is 228 g/mol. The number of carbonyl (C=O) groups is 1. The fourth-order valence-electron chi connectivity index (χ4n) is 1.65. The van der Waals surface area contributed by atoms with Crippen LogP contribution in [0.5, 0.6) is 11.5 Å². The Morgan fingerprint density at radius 3 is 2.28 bits per heavy atom. The average Bonchev–Trinajstić information content (AvgIpc) is 2.40. The largest absolute Gasteiger partial charge is 0.456 e. The van der Waals surface area contributed by atoms with Gasteiger partial charge in [-0.15, -0.1) is 0 Å². The SMILES string of the molecule is NCc1ccccc1Oc1ccccc1C(N)=O. The van der Waals surface area contributed by atoms with E-state index in [4.69, 9.17) is 16.2 Å². The van der Waals surface area contributed by atoms with Crippen LogP contribution in [0.4, 0.5) is 0 Å². The summed E-state index contributed by atoms with van der Waals surface area (Å²) in [6.07, 6.45) is 0. The van der Waals surface area contributed by atoms with Crippen molar-refractivity contribution in [2.75, 3.05) is 0 Å². The fraction of sp³-hybridized carbons (Fsp3) is 0.0714. The van der Waals surface area contributed by atoms with Gasteiger partial charge in [0.2, 0.25) is 0 Å². The number of amides is 1. The van der Waals surface area contributed by atoms with Gasteiger partial charge in [-0.25, -0.2) is 0 Å². The summed E-state index contributed by atoms with van der Waals surface area (Å²) in [7, 11) is 0. The molecule has 0 fully saturated rings. The molecule has 0 aliphatic rings. The molecule has 92 valence electrons. The van der Waals surface area contributed by atoms with Gasteiger partial charge in [0.25, 0.3) is 5.91 Å². The first kappa shape index (κ1) is 12.1. The van der Waals surface area contributed by atoms with Crippen molar-refractivity contribution in [1.29, 1.82) is 0 Å². The van der Waals surface area contributed by atoms with Gasteiger partial charge in [-0.2, -0.15) is 0 Å². The van der Waals surface area contributed by atoms with Crippen molar-refractivity contribution in [3.8, 4) is 11.5 Å². The molecule has 18 heavy (non-hydrogen) atoms. The third kappa shape index (κ3) is 2.49. The molecule has 0 saturated heterocycles. The Labute approximate surface area is 105 Å². The second-order valence-corrected chi connectivity index (χ2v) is 3.77. The minimum Gasteiger partial charge on any atom is -0.456 e. The van der Waals surface area contributed by atoms with Crippen LogP contribution < -0.4 is 16.2 Å². The van der Waals surface area contributed by atoms with Crippen LogP contribution >= 0.6 is 0 Å². The Balaban J connectivity index is 2.37. The Morgan fingerprint density at radius 2 is 1.61 bits per heavy atom. The number of primary amides is 1. The van der Waals surface area contributed by atoms with E-state index in [-0.39, 0.29) is 0 Å². The molecule has 0 atom stereocenters. The molecule has 2 aromatic rings. The standard InChI is InChI=1S/C14H14N2O2/c15-9-10-5-1-3-7-12(10)18-13-8-4-2-6-11(13)14(16)17/h1-8H,9,15H2,(H2,16,17). The number of rotatable bonds is 4. The molecule has 0 unspecified atom stereocenters. The number of ether oxygens (including phenoxy) is 1. The normalized spacial score (nSPS) is 10.1. The summed E-state index contributed by atoms with van der Waals surface area (Å²) in [5.74, 6) is 0.551. The lowest BCUT2D eigenvalue weighted by Crippen LogP contribution is -2.12. The van der Waals surface area contributed by atoms with E-state index in [1.165, 1.54) is 0 Å². The molecule has 0 aliphatic carbocycles. The Bertz CT molecular complexity index is 567. The summed E-state index contributed by atoms with van der Waals surface area (Å²) < 4.78 is 5.71. The maximum Gasteiger partial charge on any atom is 0.252 e. The van der Waals surface area contributed by atoms with Crippen molar-refractivity contribution in [2.24, 2.45) is 11.5 Å². The molecule has 0 aromatic heterocycles. The summed E-state index contributed by atoms with van der Waals surface area (Å²) >= 11 is 0. The lowest BCUT2D eigenvalue weighted by Gasteiger charge is -2.11. The molecule has 0 heterocycles. The number of para-hydroxylation sites is 2. The topological polar surface area (TPSA) is 78.3 Å². The number of benzene rings is 2. The van der Waals surface area contributed by atoms with Crippen LogP contribution in [0, 0.1) is 0 Å². The zero-order valence-corrected chi connectivity index (χ0v) is 9.80. The number of nitrogens with two attached hydrogens (primary N) is 2. The second-order valence-electron chi connectivity index (χ2n) is 3.77. The Hall–Kier alpha value is -2.33. The molecule has 0 aliphatic heterocycles. The quantitative estimate of drug-likeness (QED) is 0.861. The molecule has 2 rings (SSSR count). The fourth-order valence-corrected chi connectivity index (χ4v) is 1.65. The number of hydrogen-bond donors (Lipinski definition) is 2. The summed E-state index contributed by atoms with van der Waals surface area (Å²) in [6, 6.07) is 14.3. The zero-order valence-electron chi connectivity index (χ0n) is 9.80. The molecule has 0 radical (unpaired) electrons. The van der Waals surface area contributed by atoms with Crippen molar-refractivity contribution in [1.82, 2.24) is 0 Å². The molecular formula is C14H14N2O2. The molecule has 1 amide bonds. The van der Waals surface area contributed by atoms with Crippen LogP contribution in [-0.2, 0) is 6.54 Å². The molecule has 4 nitrogen and oxygen atoms in total. The van der Waals surface area contributed by atoms with Gasteiger partial charge in [0.05, 0.1) is 5.56 Å². The van der Waals surface area contributed by atoms with Crippen LogP contribution in [-0.4, -0.2) is 5.91 Å². The smallest absolute Gasteiger partial charge is 0.252 e. The van der Waals surface area contributed by atoms with E-state index in [2.05, 4.69) is 0 Å². The third-order valence-electron chi connectivity index (χ3n) is 2.56. The van der Waals surface area contributed by atoms with Gasteiger partial charge in [-0.3, -0.25) is 4.79 Å². The highest BCUT2D eigenvalue weighted by Gasteiger charge is 2.10. The van der Waals surface area contributed by atoms with Crippen molar-refractivity contribution in [3.05, 3.63) is 59.7 Å². The minimum atomic E-state index is -0.518. The minimum absolute atomic E-state index is 0.351. The van der Waals surface area contributed by atoms with E-state index in [1.54, 1.807) is 30.3 Å². The van der Waals surface area contributed by atoms with Crippen LogP contribution in [0.1, 0.15) is 15.9 Å². The highest BCUT2D eigenvalue weighted by atomic mass is 16.5. The van der Waals surface area contributed by atoms with Gasteiger partial charge in [-0.05, 0) is 18.2 Å². The zero-order chi connectivity index (χ0) is 13.0. The van der Waals surface area contributed by atoms with Gasteiger partial charge < -0.3 is 16.2 Å². The first-order valence-electron chi connectivity index (χ1n) is 5.57. The van der Waals surface area contributed by atoms with Crippen molar-refractivity contribution >= 4 is 5.91 Å². The molecule has 0 spiro atoms. The van der Waals surface area contributed by atoms with Gasteiger partial charge in [0.15, 0.2) is 0 Å². The third-order valence-corrected chi connectivity index (χ3v) is 2.56. The molecule has 4 heteroatoms. The van der Waals surface area contributed by atoms with E-state index in [1.807, 2.05) is 18.2 Å². The predicted octanol–water partition coefficient (Wildman–Crippen LogP) is 2.04.